The lowest BCUT2D eigenvalue weighted by molar-refractivity contribution is -0.136. The van der Waals surface area contributed by atoms with Crippen molar-refractivity contribution < 1.29 is 18.3 Å². The zero-order valence-electron chi connectivity index (χ0n) is 16.5. The Bertz CT molecular complexity index is 882. The van der Waals surface area contributed by atoms with E-state index in [2.05, 4.69) is 4.90 Å². The van der Waals surface area contributed by atoms with E-state index in [1.165, 1.54) is 0 Å². The van der Waals surface area contributed by atoms with Crippen molar-refractivity contribution in [2.45, 2.75) is 49.1 Å². The average Bonchev–Trinajstić information content (AvgIpc) is 2.69. The third-order valence-electron chi connectivity index (χ3n) is 6.64. The zero-order chi connectivity index (χ0) is 20.6. The molecule has 0 unspecified atom stereocenters. The summed E-state index contributed by atoms with van der Waals surface area (Å²) in [6.45, 7) is 2.63. The highest BCUT2D eigenvalue weighted by atomic mass is 32.2. The van der Waals surface area contributed by atoms with E-state index in [4.69, 9.17) is 10.8 Å². The van der Waals surface area contributed by atoms with Crippen molar-refractivity contribution in [2.75, 3.05) is 25.4 Å². The summed E-state index contributed by atoms with van der Waals surface area (Å²) in [5.74, 6) is -0.399. The molecule has 4 atom stereocenters. The van der Waals surface area contributed by atoms with Gasteiger partial charge in [-0.25, -0.2) is 8.42 Å². The van der Waals surface area contributed by atoms with Crippen LogP contribution in [0.4, 0.5) is 5.69 Å². The molecule has 3 aliphatic heterocycles. The Morgan fingerprint density at radius 2 is 1.86 bits per heavy atom. The summed E-state index contributed by atoms with van der Waals surface area (Å²) in [5.41, 5.74) is 6.27. The van der Waals surface area contributed by atoms with Crippen LogP contribution >= 0.6 is 0 Å². The third-order valence-corrected chi connectivity index (χ3v) is 8.52. The van der Waals surface area contributed by atoms with E-state index in [1.54, 1.807) is 34.6 Å². The van der Waals surface area contributed by atoms with E-state index in [-0.39, 0.29) is 23.3 Å². The minimum Gasteiger partial charge on any atom is -0.481 e. The molecule has 8 heteroatoms. The van der Waals surface area contributed by atoms with Crippen LogP contribution in [0.1, 0.15) is 32.1 Å². The number of carbonyl (C=O) groups is 1. The van der Waals surface area contributed by atoms with Crippen LogP contribution < -0.4 is 5.73 Å². The van der Waals surface area contributed by atoms with Crippen molar-refractivity contribution in [2.24, 2.45) is 11.8 Å². The van der Waals surface area contributed by atoms with Crippen LogP contribution in [0, 0.1) is 11.8 Å². The smallest absolute Gasteiger partial charge is 0.307 e. The Hall–Kier alpha value is -1.90. The first-order valence-corrected chi connectivity index (χ1v) is 11.8. The Morgan fingerprint density at radius 1 is 1.17 bits per heavy atom. The minimum absolute atomic E-state index is 0.100. The predicted octanol–water partition coefficient (Wildman–Crippen LogP) is 2.16. The molecule has 3 saturated heterocycles. The molecule has 29 heavy (non-hydrogen) atoms. The summed E-state index contributed by atoms with van der Waals surface area (Å²) in [5, 5.41) is 9.03. The third kappa shape index (κ3) is 3.93. The molecule has 0 radical (unpaired) electrons. The van der Waals surface area contributed by atoms with Crippen molar-refractivity contribution in [3.05, 3.63) is 36.4 Å². The van der Waals surface area contributed by atoms with Gasteiger partial charge in [0.25, 0.3) is 0 Å². The van der Waals surface area contributed by atoms with Gasteiger partial charge in [0.05, 0.1) is 11.3 Å². The Morgan fingerprint density at radius 3 is 2.55 bits per heavy atom. The summed E-state index contributed by atoms with van der Waals surface area (Å²) in [4.78, 5) is 13.8. The molecular weight excluding hydrogens is 390 g/mol. The highest BCUT2D eigenvalue weighted by Crippen LogP contribution is 2.44. The minimum atomic E-state index is -3.71. The summed E-state index contributed by atoms with van der Waals surface area (Å²) < 4.78 is 28.7. The van der Waals surface area contributed by atoms with Gasteiger partial charge in [0.15, 0.2) is 0 Å². The predicted molar refractivity (Wildman–Crippen MR) is 111 cm³/mol. The molecule has 3 N–H and O–H groups in total. The molecule has 0 spiro atoms. The van der Waals surface area contributed by atoms with Gasteiger partial charge in [0.2, 0.25) is 10.0 Å². The van der Waals surface area contributed by atoms with Crippen LogP contribution in [0.5, 0.6) is 0 Å². The average molecular weight is 420 g/mol. The molecule has 3 fully saturated rings. The summed E-state index contributed by atoms with van der Waals surface area (Å²) in [6, 6.07) is 6.40. The molecule has 7 nitrogen and oxygen atoms in total. The van der Waals surface area contributed by atoms with Gasteiger partial charge < -0.3 is 10.8 Å². The van der Waals surface area contributed by atoms with Gasteiger partial charge in [0, 0.05) is 24.3 Å². The summed E-state index contributed by atoms with van der Waals surface area (Å²) in [7, 11) is -3.71. The largest absolute Gasteiger partial charge is 0.481 e. The molecule has 158 valence electrons. The van der Waals surface area contributed by atoms with Crippen LogP contribution in [0.2, 0.25) is 0 Å². The fourth-order valence-corrected chi connectivity index (χ4v) is 7.16. The number of hydrogen-bond donors (Lipinski definition) is 2. The van der Waals surface area contributed by atoms with E-state index >= 15 is 0 Å². The SMILES string of the molecule is Nc1ccc(S(=O)(=O)N2C[C@@H]3CCCN4CCC[C@@H]([C@H]34)[C@H]2/C=C\CC(=O)O)cc1. The number of rotatable bonds is 5. The Balaban J connectivity index is 1.72. The highest BCUT2D eigenvalue weighted by Gasteiger charge is 2.50. The lowest BCUT2D eigenvalue weighted by Crippen LogP contribution is -2.65. The number of hydrogen-bond acceptors (Lipinski definition) is 5. The van der Waals surface area contributed by atoms with Crippen molar-refractivity contribution in [1.82, 2.24) is 9.21 Å². The maximum absolute atomic E-state index is 13.6. The number of nitrogen functional groups attached to an aromatic ring is 1. The number of benzene rings is 1. The molecule has 0 aliphatic carbocycles. The van der Waals surface area contributed by atoms with E-state index in [1.807, 2.05) is 6.08 Å². The molecule has 1 aromatic rings. The number of carboxylic acids is 1. The summed E-state index contributed by atoms with van der Waals surface area (Å²) >= 11 is 0. The fourth-order valence-electron chi connectivity index (χ4n) is 5.48. The molecule has 3 aliphatic rings. The first kappa shape index (κ1) is 20.4. The second-order valence-electron chi connectivity index (χ2n) is 8.40. The molecule has 0 amide bonds. The van der Waals surface area contributed by atoms with Crippen LogP contribution in [-0.2, 0) is 14.8 Å². The highest BCUT2D eigenvalue weighted by molar-refractivity contribution is 7.89. The molecule has 0 aromatic heterocycles. The van der Waals surface area contributed by atoms with Crippen LogP contribution in [0.3, 0.4) is 0 Å². The number of nitrogens with zero attached hydrogens (tertiary/aromatic N) is 2. The van der Waals surface area contributed by atoms with E-state index in [0.717, 1.165) is 38.8 Å². The quantitative estimate of drug-likeness (QED) is 0.560. The molecule has 0 bridgehead atoms. The molecule has 4 rings (SSSR count). The van der Waals surface area contributed by atoms with Crippen molar-refractivity contribution >= 4 is 21.7 Å². The van der Waals surface area contributed by atoms with Crippen molar-refractivity contribution in [1.29, 1.82) is 0 Å². The Labute approximate surface area is 172 Å². The van der Waals surface area contributed by atoms with Gasteiger partial charge in [-0.2, -0.15) is 4.31 Å². The van der Waals surface area contributed by atoms with Gasteiger partial charge in [-0.3, -0.25) is 9.69 Å². The van der Waals surface area contributed by atoms with Gasteiger partial charge in [-0.05, 0) is 74.9 Å². The maximum Gasteiger partial charge on any atom is 0.307 e. The molecular formula is C21H29N3O4S. The van der Waals surface area contributed by atoms with Crippen molar-refractivity contribution in [3.8, 4) is 0 Å². The topological polar surface area (TPSA) is 104 Å². The molecule has 1 aromatic carbocycles. The number of anilines is 1. The van der Waals surface area contributed by atoms with Crippen LogP contribution in [-0.4, -0.2) is 60.4 Å². The second kappa shape index (κ2) is 8.08. The Kier molecular flexibility index (Phi) is 5.68. The van der Waals surface area contributed by atoms with Crippen molar-refractivity contribution in [3.63, 3.8) is 0 Å². The van der Waals surface area contributed by atoms with Gasteiger partial charge in [-0.15, -0.1) is 0 Å². The number of nitrogens with two attached hydrogens (primary N) is 1. The second-order valence-corrected chi connectivity index (χ2v) is 10.3. The number of carboxylic acid groups (broad SMARTS) is 1. The van der Waals surface area contributed by atoms with Crippen LogP contribution in [0.25, 0.3) is 0 Å². The van der Waals surface area contributed by atoms with Gasteiger partial charge in [-0.1, -0.05) is 12.2 Å². The normalized spacial score (nSPS) is 30.9. The summed E-state index contributed by atoms with van der Waals surface area (Å²) in [6.07, 6.45) is 7.49. The fraction of sp³-hybridized carbons (Fsp3) is 0.571. The first-order chi connectivity index (χ1) is 13.9. The first-order valence-electron chi connectivity index (χ1n) is 10.4. The lowest BCUT2D eigenvalue weighted by atomic mass is 9.70. The molecule has 0 saturated carbocycles. The standard InChI is InChI=1S/C21H29N3O4S/c22-16-8-10-17(11-9-16)29(27,28)24-14-15-4-2-12-23-13-3-5-18(21(15)23)19(24)6-1-7-20(25)26/h1,6,8-11,15,18-19,21H,2-5,7,12-14,22H2,(H,25,26)/b6-1-/t15-,18+,19+,21-/m0/s1. The van der Waals surface area contributed by atoms with Gasteiger partial charge >= 0.3 is 5.97 Å². The number of piperidine rings is 3. The number of sulfonamides is 1. The monoisotopic (exact) mass is 419 g/mol. The van der Waals surface area contributed by atoms with E-state index in [9.17, 15) is 13.2 Å². The maximum atomic E-state index is 13.6. The van der Waals surface area contributed by atoms with Gasteiger partial charge in [0.1, 0.15) is 0 Å². The van der Waals surface area contributed by atoms with E-state index < -0.39 is 16.0 Å². The zero-order valence-corrected chi connectivity index (χ0v) is 17.3. The number of aliphatic carboxylic acids is 1. The van der Waals surface area contributed by atoms with Crippen LogP contribution in [0.15, 0.2) is 41.3 Å². The molecule has 3 heterocycles. The van der Waals surface area contributed by atoms with E-state index in [0.29, 0.717) is 24.2 Å². The lowest BCUT2D eigenvalue weighted by Gasteiger charge is -2.56.